The van der Waals surface area contributed by atoms with Crippen molar-refractivity contribution in [3.8, 4) is 0 Å². The van der Waals surface area contributed by atoms with Crippen LogP contribution in [0.3, 0.4) is 0 Å². The van der Waals surface area contributed by atoms with Crippen molar-refractivity contribution in [2.75, 3.05) is 6.54 Å². The highest BCUT2D eigenvalue weighted by Gasteiger charge is 2.62. The minimum absolute atomic E-state index is 0.0551. The molecule has 3 aliphatic heterocycles. The number of fused-ring (bicyclic) bond motifs is 3. The summed E-state index contributed by atoms with van der Waals surface area (Å²) in [6.45, 7) is 3.76. The zero-order valence-electron chi connectivity index (χ0n) is 18.5. The molecule has 32 heavy (non-hydrogen) atoms. The van der Waals surface area contributed by atoms with Gasteiger partial charge in [0, 0.05) is 36.2 Å². The summed E-state index contributed by atoms with van der Waals surface area (Å²) in [6.07, 6.45) is 4.34. The number of rotatable bonds is 6. The summed E-state index contributed by atoms with van der Waals surface area (Å²) in [5.74, 6) is 0.306. The Balaban J connectivity index is 1.50. The smallest absolute Gasteiger partial charge is 0.228 e. The van der Waals surface area contributed by atoms with E-state index >= 15 is 0 Å². The Hall–Kier alpha value is -2.73. The molecule has 0 unspecified atom stereocenters. The molecule has 5 atom stereocenters. The molecule has 3 saturated heterocycles. The Kier molecular flexibility index (Phi) is 5.49. The molecular weight excluding hydrogens is 403 g/mol. The average molecular weight is 435 g/mol. The van der Waals surface area contributed by atoms with E-state index in [1.165, 1.54) is 18.6 Å². The van der Waals surface area contributed by atoms with Crippen molar-refractivity contribution >= 4 is 11.7 Å². The molecule has 0 saturated carbocycles. The fraction of sp³-hybridized carbons (Fsp3) is 0.462. The Morgan fingerprint density at radius 1 is 1.16 bits per heavy atom. The molecule has 0 radical (unpaired) electrons. The van der Waals surface area contributed by atoms with Gasteiger partial charge >= 0.3 is 0 Å². The topological polar surface area (TPSA) is 73.4 Å². The van der Waals surface area contributed by atoms with Crippen LogP contribution in [0.25, 0.3) is 0 Å². The fourth-order valence-electron chi connectivity index (χ4n) is 6.47. The molecule has 0 aliphatic carbocycles. The monoisotopic (exact) mass is 434 g/mol. The van der Waals surface area contributed by atoms with Gasteiger partial charge in [-0.05, 0) is 49.1 Å². The number of nitrogens with two attached hydrogens (primary N) is 1. The molecule has 0 aromatic heterocycles. The first kappa shape index (κ1) is 21.1. The maximum Gasteiger partial charge on any atom is 0.228 e. The molecule has 6 heteroatoms. The van der Waals surface area contributed by atoms with Crippen molar-refractivity contribution in [1.82, 2.24) is 9.80 Å². The van der Waals surface area contributed by atoms with Crippen molar-refractivity contribution in [2.24, 2.45) is 17.6 Å². The molecule has 2 aromatic rings. The molecular formula is C26H31FN4O. The molecule has 5 rings (SSSR count). The number of amidine groups is 1. The first-order valence-corrected chi connectivity index (χ1v) is 11.7. The van der Waals surface area contributed by atoms with Crippen molar-refractivity contribution in [1.29, 1.82) is 5.41 Å². The second-order valence-electron chi connectivity index (χ2n) is 9.48. The summed E-state index contributed by atoms with van der Waals surface area (Å²) in [5, 5.41) is 7.69. The molecule has 1 amide bonds. The van der Waals surface area contributed by atoms with E-state index in [0.717, 1.165) is 36.9 Å². The van der Waals surface area contributed by atoms with Crippen molar-refractivity contribution in [3.05, 3.63) is 71.0 Å². The number of nitrogens with zero attached hydrogens (tertiary/aromatic N) is 2. The number of carbonyl (C=O) groups excluding carboxylic acids is 1. The number of halogens is 1. The van der Waals surface area contributed by atoms with Crippen molar-refractivity contribution < 1.29 is 9.18 Å². The van der Waals surface area contributed by atoms with Crippen LogP contribution in [-0.4, -0.2) is 40.2 Å². The van der Waals surface area contributed by atoms with Crippen LogP contribution in [0.2, 0.25) is 0 Å². The predicted octanol–water partition coefficient (Wildman–Crippen LogP) is 4.07. The van der Waals surface area contributed by atoms with Gasteiger partial charge in [-0.3, -0.25) is 15.1 Å². The largest absolute Gasteiger partial charge is 0.384 e. The Morgan fingerprint density at radius 2 is 1.88 bits per heavy atom. The van der Waals surface area contributed by atoms with E-state index in [4.69, 9.17) is 11.1 Å². The molecule has 5 nitrogen and oxygen atoms in total. The van der Waals surface area contributed by atoms with Gasteiger partial charge in [-0.25, -0.2) is 4.39 Å². The predicted molar refractivity (Wildman–Crippen MR) is 123 cm³/mol. The Labute approximate surface area is 188 Å². The number of benzene rings is 2. The summed E-state index contributed by atoms with van der Waals surface area (Å²) in [7, 11) is 0. The highest BCUT2D eigenvalue weighted by molar-refractivity contribution is 5.95. The summed E-state index contributed by atoms with van der Waals surface area (Å²) >= 11 is 0. The summed E-state index contributed by atoms with van der Waals surface area (Å²) in [6, 6.07) is 15.1. The molecule has 0 spiro atoms. The maximum absolute atomic E-state index is 13.9. The van der Waals surface area contributed by atoms with Crippen molar-refractivity contribution in [2.45, 2.75) is 57.3 Å². The molecule has 3 N–H and O–H groups in total. The second kappa shape index (κ2) is 8.32. The number of hydrogen-bond donors (Lipinski definition) is 2. The zero-order chi connectivity index (χ0) is 22.4. The Morgan fingerprint density at radius 3 is 2.53 bits per heavy atom. The van der Waals surface area contributed by atoms with Crippen LogP contribution in [0.1, 0.15) is 55.3 Å². The fourth-order valence-corrected chi connectivity index (χ4v) is 6.47. The lowest BCUT2D eigenvalue weighted by Gasteiger charge is -2.33. The van der Waals surface area contributed by atoms with Crippen molar-refractivity contribution in [3.63, 3.8) is 0 Å². The molecule has 0 bridgehead atoms. The first-order chi connectivity index (χ1) is 15.5. The van der Waals surface area contributed by atoms with Crippen LogP contribution in [0.5, 0.6) is 0 Å². The SMILES string of the molecule is CCC[C@@H]1[C@@H]2[C@H](C(=O)N1Cc1ccc(F)cc1)[C@H](c1ccc(C(=N)N)cc1)N1CCC[C@@H]21. The van der Waals surface area contributed by atoms with E-state index in [1.54, 1.807) is 12.1 Å². The highest BCUT2D eigenvalue weighted by Crippen LogP contribution is 2.55. The van der Waals surface area contributed by atoms with Crippen LogP contribution >= 0.6 is 0 Å². The molecule has 3 fully saturated rings. The lowest BCUT2D eigenvalue weighted by molar-refractivity contribution is -0.134. The van der Waals surface area contributed by atoms with Crippen LogP contribution in [0.15, 0.2) is 48.5 Å². The third-order valence-corrected chi connectivity index (χ3v) is 7.73. The van der Waals surface area contributed by atoms with Gasteiger partial charge in [0.05, 0.1) is 5.92 Å². The number of likely N-dealkylation sites (tertiary alicyclic amines) is 1. The summed E-state index contributed by atoms with van der Waals surface area (Å²) < 4.78 is 13.4. The van der Waals surface area contributed by atoms with E-state index in [9.17, 15) is 9.18 Å². The normalized spacial score (nSPS) is 29.4. The Bertz CT molecular complexity index is 1010. The molecule has 3 heterocycles. The van der Waals surface area contributed by atoms with E-state index in [2.05, 4.69) is 16.7 Å². The standard InChI is InChI=1S/C26H31FN4O/c1-2-4-20-22-21-5-3-14-30(21)24(17-8-10-18(11-9-17)25(28)29)23(22)26(32)31(20)15-16-6-12-19(27)13-7-16/h6-13,20-24H,2-5,14-15H2,1H3,(H3,28,29)/t20-,21+,22+,23+,24+/m1/s1. The minimum Gasteiger partial charge on any atom is -0.384 e. The number of nitrogens with one attached hydrogen (secondary N) is 1. The zero-order valence-corrected chi connectivity index (χ0v) is 18.5. The van der Waals surface area contributed by atoms with E-state index in [0.29, 0.717) is 24.1 Å². The number of amides is 1. The highest BCUT2D eigenvalue weighted by atomic mass is 19.1. The van der Waals surface area contributed by atoms with Gasteiger partial charge in [-0.15, -0.1) is 0 Å². The summed E-state index contributed by atoms with van der Waals surface area (Å²) in [5.41, 5.74) is 8.48. The maximum atomic E-state index is 13.9. The third-order valence-electron chi connectivity index (χ3n) is 7.73. The minimum atomic E-state index is -0.251. The number of nitrogen functional groups attached to an aromatic ring is 1. The number of hydrogen-bond acceptors (Lipinski definition) is 3. The van der Waals surface area contributed by atoms with E-state index in [-0.39, 0.29) is 35.6 Å². The van der Waals surface area contributed by atoms with Crippen LogP contribution in [0.4, 0.5) is 4.39 Å². The van der Waals surface area contributed by atoms with Gasteiger partial charge in [-0.1, -0.05) is 49.7 Å². The molecule has 3 aliphatic rings. The van der Waals surface area contributed by atoms with E-state index in [1.807, 2.05) is 24.3 Å². The first-order valence-electron chi connectivity index (χ1n) is 11.7. The van der Waals surface area contributed by atoms with Gasteiger partial charge in [0.25, 0.3) is 0 Å². The quantitative estimate of drug-likeness (QED) is 0.532. The van der Waals surface area contributed by atoms with Crippen LogP contribution < -0.4 is 5.73 Å². The van der Waals surface area contributed by atoms with Gasteiger partial charge in [0.2, 0.25) is 5.91 Å². The lowest BCUT2D eigenvalue weighted by Crippen LogP contribution is -2.41. The second-order valence-corrected chi connectivity index (χ2v) is 9.48. The lowest BCUT2D eigenvalue weighted by atomic mass is 9.81. The van der Waals surface area contributed by atoms with Gasteiger partial charge in [0.15, 0.2) is 0 Å². The van der Waals surface area contributed by atoms with Crippen LogP contribution in [-0.2, 0) is 11.3 Å². The van der Waals surface area contributed by atoms with Gasteiger partial charge in [0.1, 0.15) is 11.7 Å². The molecule has 168 valence electrons. The van der Waals surface area contributed by atoms with Gasteiger partial charge in [-0.2, -0.15) is 0 Å². The van der Waals surface area contributed by atoms with E-state index < -0.39 is 0 Å². The average Bonchev–Trinajstić information content (AvgIpc) is 3.44. The third kappa shape index (κ3) is 3.41. The summed E-state index contributed by atoms with van der Waals surface area (Å²) in [4.78, 5) is 18.6. The van der Waals surface area contributed by atoms with Gasteiger partial charge < -0.3 is 10.6 Å². The number of carbonyl (C=O) groups is 1. The molecule has 2 aromatic carbocycles. The van der Waals surface area contributed by atoms with Crippen LogP contribution in [0, 0.1) is 23.1 Å².